The molecule has 1 saturated heterocycles. The van der Waals surface area contributed by atoms with E-state index >= 15 is 0 Å². The molecule has 0 spiro atoms. The van der Waals surface area contributed by atoms with Crippen LogP contribution in [0.1, 0.15) is 33.9 Å². The number of benzene rings is 3. The van der Waals surface area contributed by atoms with E-state index in [1.165, 1.54) is 12.0 Å². The van der Waals surface area contributed by atoms with Crippen LogP contribution in [0, 0.1) is 20.8 Å². The molecule has 34 heavy (non-hydrogen) atoms. The summed E-state index contributed by atoms with van der Waals surface area (Å²) in [4.78, 5) is 28.4. The van der Waals surface area contributed by atoms with E-state index in [1.54, 1.807) is 37.4 Å². The first-order valence-electron chi connectivity index (χ1n) is 10.9. The topological polar surface area (TPSA) is 76.1 Å². The number of carbonyl (C=O) groups excluding carboxylic acids is 2. The fourth-order valence-corrected chi connectivity index (χ4v) is 4.36. The summed E-state index contributed by atoms with van der Waals surface area (Å²) < 4.78 is 10.8. The molecule has 1 heterocycles. The Morgan fingerprint density at radius 1 is 0.912 bits per heavy atom. The van der Waals surface area contributed by atoms with Gasteiger partial charge in [-0.1, -0.05) is 35.9 Å². The van der Waals surface area contributed by atoms with Crippen LogP contribution in [0.15, 0.2) is 66.2 Å². The predicted molar refractivity (Wildman–Crippen MR) is 131 cm³/mol. The van der Waals surface area contributed by atoms with Gasteiger partial charge in [0, 0.05) is 5.69 Å². The number of rotatable bonds is 5. The van der Waals surface area contributed by atoms with Gasteiger partial charge in [-0.2, -0.15) is 0 Å². The summed E-state index contributed by atoms with van der Waals surface area (Å²) in [5, 5.41) is 11.5. The van der Waals surface area contributed by atoms with Crippen LogP contribution < -0.4 is 14.4 Å². The van der Waals surface area contributed by atoms with Gasteiger partial charge < -0.3 is 14.6 Å². The molecule has 1 aliphatic heterocycles. The normalized spacial score (nSPS) is 17.2. The second-order valence-electron chi connectivity index (χ2n) is 8.37. The maximum Gasteiger partial charge on any atom is 0.300 e. The van der Waals surface area contributed by atoms with Crippen LogP contribution >= 0.6 is 0 Å². The third kappa shape index (κ3) is 3.81. The largest absolute Gasteiger partial charge is 0.507 e. The molecular weight excluding hydrogens is 430 g/mol. The Morgan fingerprint density at radius 3 is 2.35 bits per heavy atom. The van der Waals surface area contributed by atoms with Gasteiger partial charge in [-0.05, 0) is 67.8 Å². The van der Waals surface area contributed by atoms with Crippen LogP contribution in [0.4, 0.5) is 5.69 Å². The lowest BCUT2D eigenvalue weighted by Crippen LogP contribution is -2.30. The average molecular weight is 458 g/mol. The molecule has 0 saturated carbocycles. The molecule has 1 fully saturated rings. The Hall–Kier alpha value is -4.06. The molecule has 1 atom stereocenters. The van der Waals surface area contributed by atoms with Gasteiger partial charge in [-0.3, -0.25) is 14.5 Å². The number of aliphatic hydroxyl groups excluding tert-OH is 1. The summed E-state index contributed by atoms with van der Waals surface area (Å²) in [5.74, 6) is -0.744. The van der Waals surface area contributed by atoms with E-state index in [4.69, 9.17) is 9.47 Å². The molecule has 0 aromatic heterocycles. The third-order valence-electron chi connectivity index (χ3n) is 6.30. The summed E-state index contributed by atoms with van der Waals surface area (Å²) in [7, 11) is 3.05. The molecule has 6 heteroatoms. The molecule has 6 nitrogen and oxygen atoms in total. The summed E-state index contributed by atoms with van der Waals surface area (Å²) in [6, 6.07) is 17.3. The van der Waals surface area contributed by atoms with Crippen LogP contribution in [0.25, 0.3) is 5.76 Å². The molecule has 0 radical (unpaired) electrons. The first-order chi connectivity index (χ1) is 16.3. The van der Waals surface area contributed by atoms with Crippen molar-refractivity contribution in [3.05, 3.63) is 94.1 Å². The number of ketones is 1. The second kappa shape index (κ2) is 9.06. The van der Waals surface area contributed by atoms with Crippen molar-refractivity contribution in [1.82, 2.24) is 0 Å². The molecular formula is C28H27NO5. The zero-order chi connectivity index (χ0) is 24.6. The van der Waals surface area contributed by atoms with E-state index in [0.717, 1.165) is 16.7 Å². The number of hydrogen-bond donors (Lipinski definition) is 1. The van der Waals surface area contributed by atoms with Crippen molar-refractivity contribution in [2.75, 3.05) is 19.1 Å². The molecule has 1 amide bonds. The van der Waals surface area contributed by atoms with Crippen molar-refractivity contribution < 1.29 is 24.2 Å². The number of carbonyl (C=O) groups is 2. The Morgan fingerprint density at radius 2 is 1.65 bits per heavy atom. The van der Waals surface area contributed by atoms with Crippen LogP contribution in [-0.2, 0) is 9.59 Å². The predicted octanol–water partition coefficient (Wildman–Crippen LogP) is 5.26. The number of aliphatic hydroxyl groups is 1. The minimum absolute atomic E-state index is 0.00283. The van der Waals surface area contributed by atoms with Gasteiger partial charge in [0.25, 0.3) is 11.7 Å². The van der Waals surface area contributed by atoms with Gasteiger partial charge >= 0.3 is 0 Å². The van der Waals surface area contributed by atoms with Gasteiger partial charge in [0.1, 0.15) is 17.3 Å². The molecule has 4 rings (SSSR count). The summed E-state index contributed by atoms with van der Waals surface area (Å²) in [6.45, 7) is 5.74. The van der Waals surface area contributed by atoms with Crippen molar-refractivity contribution in [2.24, 2.45) is 0 Å². The quantitative estimate of drug-likeness (QED) is 0.322. The fourth-order valence-electron chi connectivity index (χ4n) is 4.36. The minimum atomic E-state index is -0.846. The van der Waals surface area contributed by atoms with Crippen molar-refractivity contribution in [3.8, 4) is 11.5 Å². The maximum atomic E-state index is 13.4. The van der Waals surface area contributed by atoms with Crippen molar-refractivity contribution in [2.45, 2.75) is 26.8 Å². The standard InChI is InChI=1S/C28H27NO5/c1-16-12-13-23(34-5)21(14-16)26(30)24-25(19-9-7-10-20(15-19)33-4)29(28(32)27(24)31)22-11-6-8-17(2)18(22)3/h6-15,25,30H,1-5H3/b26-24+. The van der Waals surface area contributed by atoms with E-state index in [2.05, 4.69) is 0 Å². The third-order valence-corrected chi connectivity index (χ3v) is 6.30. The highest BCUT2D eigenvalue weighted by molar-refractivity contribution is 6.51. The Labute approximate surface area is 199 Å². The van der Waals surface area contributed by atoms with Gasteiger partial charge in [0.05, 0.1) is 31.4 Å². The van der Waals surface area contributed by atoms with Gasteiger partial charge in [-0.25, -0.2) is 0 Å². The van der Waals surface area contributed by atoms with Crippen molar-refractivity contribution in [1.29, 1.82) is 0 Å². The van der Waals surface area contributed by atoms with E-state index in [1.807, 2.05) is 51.1 Å². The van der Waals surface area contributed by atoms with Crippen LogP contribution in [0.3, 0.4) is 0 Å². The van der Waals surface area contributed by atoms with Crippen LogP contribution in [0.5, 0.6) is 11.5 Å². The number of Topliss-reactive ketones (excluding diaryl/α,β-unsaturated/α-hetero) is 1. The zero-order valence-corrected chi connectivity index (χ0v) is 19.9. The highest BCUT2D eigenvalue weighted by Crippen LogP contribution is 2.45. The smallest absolute Gasteiger partial charge is 0.300 e. The van der Waals surface area contributed by atoms with Crippen molar-refractivity contribution in [3.63, 3.8) is 0 Å². The fraction of sp³-hybridized carbons (Fsp3) is 0.214. The van der Waals surface area contributed by atoms with E-state index in [9.17, 15) is 14.7 Å². The van der Waals surface area contributed by atoms with Gasteiger partial charge in [-0.15, -0.1) is 0 Å². The van der Waals surface area contributed by atoms with Gasteiger partial charge in [0.2, 0.25) is 0 Å². The lowest BCUT2D eigenvalue weighted by Gasteiger charge is -2.27. The zero-order valence-electron chi connectivity index (χ0n) is 19.9. The Balaban J connectivity index is 2.03. The molecule has 174 valence electrons. The SMILES string of the molecule is COc1cccc(C2/C(=C(\O)c3cc(C)ccc3OC)C(=O)C(=O)N2c2cccc(C)c2C)c1. The van der Waals surface area contributed by atoms with E-state index < -0.39 is 17.7 Å². The maximum absolute atomic E-state index is 13.4. The number of methoxy groups -OCH3 is 2. The number of hydrogen-bond acceptors (Lipinski definition) is 5. The minimum Gasteiger partial charge on any atom is -0.507 e. The monoisotopic (exact) mass is 457 g/mol. The van der Waals surface area contributed by atoms with E-state index in [0.29, 0.717) is 28.3 Å². The Bertz CT molecular complexity index is 1320. The lowest BCUT2D eigenvalue weighted by molar-refractivity contribution is -0.132. The lowest BCUT2D eigenvalue weighted by atomic mass is 9.94. The van der Waals surface area contributed by atoms with Crippen LogP contribution in [0.2, 0.25) is 0 Å². The number of anilines is 1. The highest BCUT2D eigenvalue weighted by atomic mass is 16.5. The molecule has 1 N–H and O–H groups in total. The number of ether oxygens (including phenoxy) is 2. The Kier molecular flexibility index (Phi) is 6.16. The van der Waals surface area contributed by atoms with Crippen molar-refractivity contribution >= 4 is 23.1 Å². The summed E-state index contributed by atoms with van der Waals surface area (Å²) in [6.07, 6.45) is 0. The molecule has 3 aromatic rings. The van der Waals surface area contributed by atoms with Crippen LogP contribution in [-0.4, -0.2) is 31.0 Å². The van der Waals surface area contributed by atoms with E-state index in [-0.39, 0.29) is 11.3 Å². The molecule has 0 bridgehead atoms. The highest BCUT2D eigenvalue weighted by Gasteiger charge is 2.47. The number of amides is 1. The molecule has 0 aliphatic carbocycles. The number of nitrogens with zero attached hydrogens (tertiary/aromatic N) is 1. The molecule has 3 aromatic carbocycles. The first-order valence-corrected chi connectivity index (χ1v) is 10.9. The summed E-state index contributed by atoms with van der Waals surface area (Å²) in [5.41, 5.74) is 4.37. The first kappa shape index (κ1) is 23.1. The second-order valence-corrected chi connectivity index (χ2v) is 8.37. The number of aryl methyl sites for hydroxylation is 2. The molecule has 1 unspecified atom stereocenters. The average Bonchev–Trinajstić information content (AvgIpc) is 3.10. The molecule has 1 aliphatic rings. The summed E-state index contributed by atoms with van der Waals surface area (Å²) >= 11 is 0. The van der Waals surface area contributed by atoms with Gasteiger partial charge in [0.15, 0.2) is 0 Å².